The van der Waals surface area contributed by atoms with E-state index in [1.165, 1.54) is 0 Å². The summed E-state index contributed by atoms with van der Waals surface area (Å²) in [5.41, 5.74) is 7.28. The van der Waals surface area contributed by atoms with Crippen molar-refractivity contribution in [2.75, 3.05) is 0 Å². The van der Waals surface area contributed by atoms with E-state index in [4.69, 9.17) is 21.0 Å². The van der Waals surface area contributed by atoms with Crippen LogP contribution < -0.4 is 10.5 Å². The maximum atomic E-state index is 10.8. The number of aliphatic carboxylic acids is 1. The van der Waals surface area contributed by atoms with Gasteiger partial charge >= 0.3 is 5.97 Å². The number of ether oxygens (including phenoxy) is 1. The minimum atomic E-state index is -0.731. The van der Waals surface area contributed by atoms with Crippen molar-refractivity contribution in [2.24, 2.45) is 16.6 Å². The lowest BCUT2D eigenvalue weighted by atomic mass is 9.85. The van der Waals surface area contributed by atoms with Crippen LogP contribution in [0.3, 0.4) is 0 Å². The van der Waals surface area contributed by atoms with Crippen LogP contribution in [0.25, 0.3) is 5.57 Å². The summed E-state index contributed by atoms with van der Waals surface area (Å²) in [6.45, 7) is 5.71. The van der Waals surface area contributed by atoms with E-state index in [-0.39, 0.29) is 24.3 Å². The fraction of sp³-hybridized carbons (Fsp3) is 0.400. The zero-order chi connectivity index (χ0) is 19.8. The molecule has 1 saturated carbocycles. The summed E-state index contributed by atoms with van der Waals surface area (Å²) in [4.78, 5) is 19.3. The first-order valence-electron chi connectivity index (χ1n) is 8.97. The van der Waals surface area contributed by atoms with Crippen LogP contribution in [0.15, 0.2) is 41.7 Å². The van der Waals surface area contributed by atoms with Gasteiger partial charge in [-0.1, -0.05) is 12.7 Å². The Kier molecular flexibility index (Phi) is 7.28. The smallest absolute Gasteiger partial charge is 0.303 e. The number of carboxylic acids is 1. The Labute approximate surface area is 159 Å². The number of carboxylic acid groups (broad SMARTS) is 1. The van der Waals surface area contributed by atoms with Gasteiger partial charge in [0.05, 0.1) is 0 Å². The third kappa shape index (κ3) is 6.36. The van der Waals surface area contributed by atoms with Gasteiger partial charge in [0.2, 0.25) is 5.88 Å². The standard InChI is InChI=1S/C20H26N4O3/c1-3-17(20(21)22)23-11-13(2)15-6-9-18(24-12-15)27-16-7-4-14(5-8-16)10-19(25)26/h3,6,9,11-12,14,16H,2,4-5,7-8,10H2,1H3,(H3,21,22)(H,25,26)/b17-3-,23-11-/t14-,16-. The van der Waals surface area contributed by atoms with Gasteiger partial charge in [0.15, 0.2) is 0 Å². The fourth-order valence-corrected chi connectivity index (χ4v) is 3.03. The van der Waals surface area contributed by atoms with Crippen molar-refractivity contribution in [3.05, 3.63) is 42.2 Å². The van der Waals surface area contributed by atoms with E-state index in [0.29, 0.717) is 17.2 Å². The first-order valence-corrected chi connectivity index (χ1v) is 8.97. The van der Waals surface area contributed by atoms with E-state index in [0.717, 1.165) is 31.2 Å². The number of hydrogen-bond donors (Lipinski definition) is 3. The number of hydrogen-bond acceptors (Lipinski definition) is 5. The summed E-state index contributed by atoms with van der Waals surface area (Å²) in [5.74, 6) is -0.0350. The molecule has 4 N–H and O–H groups in total. The average molecular weight is 370 g/mol. The van der Waals surface area contributed by atoms with Crippen LogP contribution in [-0.2, 0) is 4.79 Å². The average Bonchev–Trinajstić information content (AvgIpc) is 2.63. The quantitative estimate of drug-likeness (QED) is 0.478. The van der Waals surface area contributed by atoms with Crippen LogP contribution in [0.5, 0.6) is 5.88 Å². The van der Waals surface area contributed by atoms with E-state index in [2.05, 4.69) is 16.6 Å². The predicted octanol–water partition coefficient (Wildman–Crippen LogP) is 3.42. The third-order valence-electron chi connectivity index (χ3n) is 4.56. The van der Waals surface area contributed by atoms with Gasteiger partial charge in [0, 0.05) is 30.5 Å². The number of aliphatic imine (C=N–C) groups is 1. The van der Waals surface area contributed by atoms with Crippen molar-refractivity contribution in [3.8, 4) is 5.88 Å². The lowest BCUT2D eigenvalue weighted by Gasteiger charge is -2.27. The van der Waals surface area contributed by atoms with E-state index < -0.39 is 5.97 Å². The second-order valence-electron chi connectivity index (χ2n) is 6.61. The maximum Gasteiger partial charge on any atom is 0.303 e. The summed E-state index contributed by atoms with van der Waals surface area (Å²) < 4.78 is 5.91. The van der Waals surface area contributed by atoms with Crippen LogP contribution >= 0.6 is 0 Å². The molecule has 0 atom stereocenters. The maximum absolute atomic E-state index is 10.8. The molecule has 27 heavy (non-hydrogen) atoms. The molecule has 1 aliphatic carbocycles. The Hall–Kier alpha value is -2.96. The normalized spacial score (nSPS) is 20.4. The molecule has 1 aromatic heterocycles. The zero-order valence-corrected chi connectivity index (χ0v) is 15.5. The first-order chi connectivity index (χ1) is 12.9. The Morgan fingerprint density at radius 2 is 2.15 bits per heavy atom. The van der Waals surface area contributed by atoms with Gasteiger partial charge < -0.3 is 15.6 Å². The van der Waals surface area contributed by atoms with Crippen molar-refractivity contribution < 1.29 is 14.6 Å². The lowest BCUT2D eigenvalue weighted by molar-refractivity contribution is -0.138. The molecule has 1 fully saturated rings. The van der Waals surface area contributed by atoms with Crippen LogP contribution in [0, 0.1) is 11.3 Å². The van der Waals surface area contributed by atoms with Crippen molar-refractivity contribution >= 4 is 23.6 Å². The highest BCUT2D eigenvalue weighted by Crippen LogP contribution is 2.29. The van der Waals surface area contributed by atoms with Gasteiger partial charge in [-0.25, -0.2) is 4.98 Å². The van der Waals surface area contributed by atoms with Crippen molar-refractivity contribution in [2.45, 2.75) is 45.1 Å². The second kappa shape index (κ2) is 9.66. The van der Waals surface area contributed by atoms with Crippen molar-refractivity contribution in [1.29, 1.82) is 5.41 Å². The SMILES string of the molecule is C=C(/C=N\C(=C/C)C(=N)N)c1ccc(O[C@H]2CC[C@H](CC(=O)O)CC2)nc1. The number of nitrogens with zero attached hydrogens (tertiary/aromatic N) is 2. The molecule has 144 valence electrons. The molecular formula is C20H26N4O3. The topological polar surface area (TPSA) is 122 Å². The Bertz CT molecular complexity index is 745. The van der Waals surface area contributed by atoms with Crippen molar-refractivity contribution in [3.63, 3.8) is 0 Å². The minimum absolute atomic E-state index is 0.0750. The van der Waals surface area contributed by atoms with E-state index in [1.54, 1.807) is 31.5 Å². The summed E-state index contributed by atoms with van der Waals surface area (Å²) in [6, 6.07) is 3.65. The number of carbonyl (C=O) groups is 1. The zero-order valence-electron chi connectivity index (χ0n) is 15.5. The molecule has 0 radical (unpaired) electrons. The monoisotopic (exact) mass is 370 g/mol. The number of nitrogens with two attached hydrogens (primary N) is 1. The summed E-state index contributed by atoms with van der Waals surface area (Å²) in [5, 5.41) is 16.3. The van der Waals surface area contributed by atoms with E-state index in [9.17, 15) is 4.79 Å². The molecule has 0 amide bonds. The molecule has 1 aromatic rings. The molecule has 0 aliphatic heterocycles. The molecule has 1 heterocycles. The molecule has 0 spiro atoms. The van der Waals surface area contributed by atoms with Crippen molar-refractivity contribution in [1.82, 2.24) is 4.98 Å². The van der Waals surface area contributed by atoms with Gasteiger partial charge in [-0.15, -0.1) is 0 Å². The highest BCUT2D eigenvalue weighted by Gasteiger charge is 2.24. The second-order valence-corrected chi connectivity index (χ2v) is 6.61. The molecule has 1 aliphatic rings. The number of allylic oxidation sites excluding steroid dienone is 2. The fourth-order valence-electron chi connectivity index (χ4n) is 3.03. The van der Waals surface area contributed by atoms with Gasteiger partial charge in [-0.3, -0.25) is 15.2 Å². The third-order valence-corrected chi connectivity index (χ3v) is 4.56. The largest absolute Gasteiger partial charge is 0.481 e. The van der Waals surface area contributed by atoms with Gasteiger partial charge in [-0.2, -0.15) is 0 Å². The number of aromatic nitrogens is 1. The summed E-state index contributed by atoms with van der Waals surface area (Å²) >= 11 is 0. The van der Waals surface area contributed by atoms with Gasteiger partial charge in [0.1, 0.15) is 17.6 Å². The minimum Gasteiger partial charge on any atom is -0.481 e. The van der Waals surface area contributed by atoms with E-state index >= 15 is 0 Å². The predicted molar refractivity (Wildman–Crippen MR) is 106 cm³/mol. The summed E-state index contributed by atoms with van der Waals surface area (Å²) in [6.07, 6.45) is 8.62. The molecular weight excluding hydrogens is 344 g/mol. The summed E-state index contributed by atoms with van der Waals surface area (Å²) in [7, 11) is 0. The van der Waals surface area contributed by atoms with E-state index in [1.807, 2.05) is 6.07 Å². The molecule has 0 unspecified atom stereocenters. The Morgan fingerprint density at radius 3 is 2.67 bits per heavy atom. The Morgan fingerprint density at radius 1 is 1.44 bits per heavy atom. The number of nitrogens with one attached hydrogen (secondary N) is 1. The number of amidine groups is 1. The first kappa shape index (κ1) is 20.4. The molecule has 2 rings (SSSR count). The van der Waals surface area contributed by atoms with Crippen LogP contribution in [0.2, 0.25) is 0 Å². The number of rotatable bonds is 8. The van der Waals surface area contributed by atoms with Crippen LogP contribution in [0.4, 0.5) is 0 Å². The lowest BCUT2D eigenvalue weighted by Crippen LogP contribution is -2.25. The van der Waals surface area contributed by atoms with Gasteiger partial charge in [-0.05, 0) is 50.2 Å². The molecule has 7 nitrogen and oxygen atoms in total. The molecule has 0 saturated heterocycles. The highest BCUT2D eigenvalue weighted by molar-refractivity contribution is 6.10. The van der Waals surface area contributed by atoms with Crippen LogP contribution in [0.1, 0.15) is 44.6 Å². The molecule has 0 bridgehead atoms. The van der Waals surface area contributed by atoms with Gasteiger partial charge in [0.25, 0.3) is 0 Å². The highest BCUT2D eigenvalue weighted by atomic mass is 16.5. The van der Waals surface area contributed by atoms with Crippen LogP contribution in [-0.4, -0.2) is 34.2 Å². The molecule has 0 aromatic carbocycles. The molecule has 7 heteroatoms. The Balaban J connectivity index is 1.88. The number of pyridine rings is 1.